The Bertz CT molecular complexity index is 3440. The van der Waals surface area contributed by atoms with Crippen LogP contribution < -0.4 is 43.1 Å². The fourth-order valence-electron chi connectivity index (χ4n) is 10.8. The van der Waals surface area contributed by atoms with E-state index in [2.05, 4.69) is 19.8 Å². The first kappa shape index (κ1) is 56.7. The normalized spacial score (nSPS) is 14.7. The van der Waals surface area contributed by atoms with Gasteiger partial charge in [0.25, 0.3) is 0 Å². The Morgan fingerprint density at radius 1 is 0.671 bits per heavy atom. The molecule has 5 heterocycles. The summed E-state index contributed by atoms with van der Waals surface area (Å²) in [5, 5.41) is -0.0941. The zero-order valence-corrected chi connectivity index (χ0v) is 46.5. The lowest BCUT2D eigenvalue weighted by Crippen LogP contribution is -2.33. The van der Waals surface area contributed by atoms with Gasteiger partial charge in [-0.1, -0.05) is 54.6 Å². The van der Waals surface area contributed by atoms with Crippen LogP contribution in [-0.4, -0.2) is 92.7 Å². The van der Waals surface area contributed by atoms with Crippen molar-refractivity contribution in [3.05, 3.63) is 172 Å². The van der Waals surface area contributed by atoms with E-state index in [-0.39, 0.29) is 62.0 Å². The van der Waals surface area contributed by atoms with Gasteiger partial charge in [0.05, 0.1) is 52.2 Å². The number of aromatic nitrogens is 4. The molecule has 0 N–H and O–H groups in total. The first-order valence-corrected chi connectivity index (χ1v) is 26.8. The molecule has 82 heavy (non-hydrogen) atoms. The summed E-state index contributed by atoms with van der Waals surface area (Å²) in [5.41, 5.74) is -2.79. The second-order valence-corrected chi connectivity index (χ2v) is 20.3. The summed E-state index contributed by atoms with van der Waals surface area (Å²) in [4.78, 5) is 26.3. The number of nitrogens with zero attached hydrogens (tertiary/aromatic N) is 8. The third kappa shape index (κ3) is 11.8. The zero-order chi connectivity index (χ0) is 57.8. The number of likely N-dealkylation sites (N-methyl/N-ethyl adjacent to an activating group) is 1. The van der Waals surface area contributed by atoms with Gasteiger partial charge >= 0.3 is 12.2 Å². The molecule has 14 nitrogen and oxygen atoms in total. The number of alkyl halides is 3. The Morgan fingerprint density at radius 2 is 1.20 bits per heavy atom. The molecule has 0 saturated carbocycles. The van der Waals surface area contributed by atoms with Gasteiger partial charge in [-0.15, -0.1) is 0 Å². The summed E-state index contributed by atoms with van der Waals surface area (Å²) in [6, 6.07) is 31.6. The Labute approximate surface area is 471 Å². The lowest BCUT2D eigenvalue weighted by molar-refractivity contribution is -0.137. The van der Waals surface area contributed by atoms with Crippen LogP contribution in [0.25, 0.3) is 22.2 Å². The van der Waals surface area contributed by atoms with E-state index in [1.54, 1.807) is 68.9 Å². The van der Waals surface area contributed by atoms with E-state index in [0.29, 0.717) is 53.0 Å². The average molecular weight is 1130 g/mol. The number of hydrogen-bond donors (Lipinski definition) is 0. The van der Waals surface area contributed by atoms with Crippen molar-refractivity contribution in [1.29, 1.82) is 0 Å². The third-order valence-corrected chi connectivity index (χ3v) is 15.2. The molecule has 1 fully saturated rings. The predicted molar refractivity (Wildman–Crippen MR) is 301 cm³/mol. The van der Waals surface area contributed by atoms with Crippen LogP contribution in [0.15, 0.2) is 115 Å². The van der Waals surface area contributed by atoms with Gasteiger partial charge in [-0.05, 0) is 123 Å². The second-order valence-electron chi connectivity index (χ2n) is 20.3. The Hall–Kier alpha value is -8.52. The lowest BCUT2D eigenvalue weighted by Gasteiger charge is -2.33. The predicted octanol–water partition coefficient (Wildman–Crippen LogP) is 12.7. The molecule has 3 aromatic heterocycles. The van der Waals surface area contributed by atoms with Gasteiger partial charge in [-0.2, -0.15) is 23.1 Å². The van der Waals surface area contributed by atoms with Crippen LogP contribution in [-0.2, 0) is 32.4 Å². The van der Waals surface area contributed by atoms with Crippen LogP contribution >= 0.6 is 0 Å². The van der Waals surface area contributed by atoms with Crippen molar-refractivity contribution >= 4 is 28.2 Å². The van der Waals surface area contributed by atoms with Crippen molar-refractivity contribution in [3.8, 4) is 46.1 Å². The molecule has 2 aliphatic rings. The van der Waals surface area contributed by atoms with Gasteiger partial charge in [-0.25, -0.2) is 23.1 Å². The highest BCUT2D eigenvalue weighted by molar-refractivity contribution is 5.97. The standard InChI is InChI=1S/C62H62F6N8O6/c1-37-51(62(66,67)68)49(53(64)57(52(37)63)74(32-39-12-20-44(77-4)21-13-39)33-40-14-22-45(78-5)23-15-40)55-54(65)56-50-59(72-61(71-56)82-36-43-10-9-29-73(43)3)76(30-31-81-60(50)70-55)38(2)48-11-8-28-69-58(48)75(34-41-16-24-46(79-6)25-17-41)35-42-18-26-47(80-7)27-19-42/h8,11-28,38,43H,9-10,29-36H2,1-7H3/t38-,43+/m1/s1. The van der Waals surface area contributed by atoms with Gasteiger partial charge < -0.3 is 48.0 Å². The first-order chi connectivity index (χ1) is 39.6. The maximum atomic E-state index is 18.3. The van der Waals surface area contributed by atoms with Crippen molar-refractivity contribution in [2.24, 2.45) is 0 Å². The lowest BCUT2D eigenvalue weighted by atomic mass is 9.94. The molecule has 0 unspecified atom stereocenters. The number of anilines is 3. The van der Waals surface area contributed by atoms with E-state index >= 15 is 26.3 Å². The van der Waals surface area contributed by atoms with Crippen LogP contribution in [0, 0.1) is 24.4 Å². The van der Waals surface area contributed by atoms with Crippen LogP contribution in [0.5, 0.6) is 34.9 Å². The molecule has 428 valence electrons. The minimum absolute atomic E-state index is 0.0478. The summed E-state index contributed by atoms with van der Waals surface area (Å²) in [7, 11) is 8.14. The molecular formula is C62H62F6N8O6. The summed E-state index contributed by atoms with van der Waals surface area (Å²) in [6.07, 6.45) is -2.01. The van der Waals surface area contributed by atoms with Crippen LogP contribution in [0.1, 0.15) is 64.8 Å². The number of benzene rings is 5. The number of hydrogen-bond acceptors (Lipinski definition) is 14. The second kappa shape index (κ2) is 24.3. The largest absolute Gasteiger partial charge is 0.497 e. The molecule has 10 rings (SSSR count). The molecule has 1 saturated heterocycles. The van der Waals surface area contributed by atoms with Crippen molar-refractivity contribution in [2.75, 3.05) is 76.5 Å². The number of rotatable bonds is 20. The minimum atomic E-state index is -5.42. The molecule has 0 radical (unpaired) electrons. The molecule has 2 aliphatic heterocycles. The number of likely N-dealkylation sites (tertiary alicyclic amines) is 1. The SMILES string of the molecule is COc1ccc(CN(Cc2ccc(OC)cc2)c2ncccc2[C@@H](C)N2CCOc3nc(-c4c(F)c(N(Cc5ccc(OC)cc5)Cc5ccc(OC)cc5)c(F)c(C)c4C(F)(F)F)c(F)c4nc(OC[C@@H]5CCCN5C)nc2c34)cc1. The van der Waals surface area contributed by atoms with Gasteiger partial charge in [0.15, 0.2) is 17.5 Å². The smallest absolute Gasteiger partial charge is 0.417 e. The molecule has 8 aromatic rings. The van der Waals surface area contributed by atoms with E-state index in [0.717, 1.165) is 43.0 Å². The number of methoxy groups -OCH3 is 4. The van der Waals surface area contributed by atoms with Crippen molar-refractivity contribution in [3.63, 3.8) is 0 Å². The monoisotopic (exact) mass is 1130 g/mol. The molecule has 5 aromatic carbocycles. The minimum Gasteiger partial charge on any atom is -0.497 e. The highest BCUT2D eigenvalue weighted by atomic mass is 19.4. The van der Waals surface area contributed by atoms with Gasteiger partial charge in [0.2, 0.25) is 5.88 Å². The molecule has 2 atom stereocenters. The fourth-order valence-corrected chi connectivity index (χ4v) is 10.8. The van der Waals surface area contributed by atoms with E-state index in [9.17, 15) is 0 Å². The maximum Gasteiger partial charge on any atom is 0.417 e. The van der Waals surface area contributed by atoms with Crippen LogP contribution in [0.4, 0.5) is 43.7 Å². The quantitative estimate of drug-likeness (QED) is 0.0673. The summed E-state index contributed by atoms with van der Waals surface area (Å²) < 4.78 is 135. The molecule has 0 bridgehead atoms. The van der Waals surface area contributed by atoms with E-state index in [1.807, 2.05) is 79.5 Å². The molecule has 20 heteroatoms. The summed E-state index contributed by atoms with van der Waals surface area (Å²) in [6.45, 7) is 4.13. The zero-order valence-electron chi connectivity index (χ0n) is 46.5. The van der Waals surface area contributed by atoms with Crippen molar-refractivity contribution in [2.45, 2.75) is 71.1 Å². The van der Waals surface area contributed by atoms with Gasteiger partial charge in [-0.3, -0.25) is 0 Å². The first-order valence-electron chi connectivity index (χ1n) is 26.8. The summed E-state index contributed by atoms with van der Waals surface area (Å²) >= 11 is 0. The van der Waals surface area contributed by atoms with Crippen LogP contribution in [0.2, 0.25) is 0 Å². The molecular weight excluding hydrogens is 1070 g/mol. The topological polar surface area (TPSA) is 120 Å². The molecule has 0 spiro atoms. The van der Waals surface area contributed by atoms with Gasteiger partial charge in [0, 0.05) is 44.0 Å². The van der Waals surface area contributed by atoms with Crippen LogP contribution in [0.3, 0.4) is 0 Å². The highest BCUT2D eigenvalue weighted by Crippen LogP contribution is 2.49. The number of ether oxygens (including phenoxy) is 6. The van der Waals surface area contributed by atoms with E-state index in [4.69, 9.17) is 38.4 Å². The van der Waals surface area contributed by atoms with E-state index in [1.165, 1.54) is 19.1 Å². The summed E-state index contributed by atoms with van der Waals surface area (Å²) in [5.74, 6) is -1.87. The molecule has 0 aliphatic carbocycles. The highest BCUT2D eigenvalue weighted by Gasteiger charge is 2.43. The van der Waals surface area contributed by atoms with Crippen molar-refractivity contribution in [1.82, 2.24) is 24.8 Å². The molecule has 0 amide bonds. The Kier molecular flexibility index (Phi) is 16.8. The average Bonchev–Trinajstić information content (AvgIpc) is 2.79. The van der Waals surface area contributed by atoms with Gasteiger partial charge in [0.1, 0.15) is 70.1 Å². The third-order valence-electron chi connectivity index (χ3n) is 15.2. The maximum absolute atomic E-state index is 18.3. The van der Waals surface area contributed by atoms with E-state index < -0.39 is 63.3 Å². The Balaban J connectivity index is 1.14. The number of pyridine rings is 2. The number of halogens is 6. The Morgan fingerprint density at radius 3 is 1.68 bits per heavy atom. The fraction of sp³-hybridized carbons (Fsp3) is 0.323. The van der Waals surface area contributed by atoms with Crippen molar-refractivity contribution < 1.29 is 54.8 Å².